The molecule has 1 saturated heterocycles. The first-order valence-corrected chi connectivity index (χ1v) is 9.14. The Bertz CT molecular complexity index is 650. The number of rotatable bonds is 8. The van der Waals surface area contributed by atoms with Crippen molar-refractivity contribution in [3.05, 3.63) is 22.2 Å². The summed E-state index contributed by atoms with van der Waals surface area (Å²) in [6, 6.07) is 3.56. The normalized spacial score (nSPS) is 15.7. The predicted molar refractivity (Wildman–Crippen MR) is 99.1 cm³/mol. The van der Waals surface area contributed by atoms with Gasteiger partial charge in [0.15, 0.2) is 0 Å². The Morgan fingerprint density at radius 3 is 2.59 bits per heavy atom. The van der Waals surface area contributed by atoms with Crippen molar-refractivity contribution < 1.29 is 33.3 Å². The number of carbonyl (C=O) groups is 2. The fourth-order valence-electron chi connectivity index (χ4n) is 2.46. The summed E-state index contributed by atoms with van der Waals surface area (Å²) in [5.41, 5.74) is 0.868. The second-order valence-electron chi connectivity index (χ2n) is 5.66. The van der Waals surface area contributed by atoms with Gasteiger partial charge in [-0.05, 0) is 46.5 Å². The van der Waals surface area contributed by atoms with E-state index in [2.05, 4.69) is 26.6 Å². The molecule has 1 aromatic rings. The van der Waals surface area contributed by atoms with Crippen molar-refractivity contribution in [3.63, 3.8) is 0 Å². The van der Waals surface area contributed by atoms with E-state index < -0.39 is 19.0 Å². The summed E-state index contributed by atoms with van der Waals surface area (Å²) in [5, 5.41) is 5.20. The SMILES string of the molecule is COc1cc(CCNC(=O)OCOC(=O)NC2CCOC2)c(OC)cc1Br. The van der Waals surface area contributed by atoms with Gasteiger partial charge in [-0.1, -0.05) is 0 Å². The molecular weight excluding hydrogens is 424 g/mol. The minimum atomic E-state index is -0.685. The highest BCUT2D eigenvalue weighted by molar-refractivity contribution is 9.10. The van der Waals surface area contributed by atoms with Gasteiger partial charge < -0.3 is 34.3 Å². The van der Waals surface area contributed by atoms with Gasteiger partial charge in [0.2, 0.25) is 6.79 Å². The minimum absolute atomic E-state index is 0.0655. The van der Waals surface area contributed by atoms with E-state index in [-0.39, 0.29) is 6.04 Å². The summed E-state index contributed by atoms with van der Waals surface area (Å²) in [5.74, 6) is 1.34. The fraction of sp³-hybridized carbons (Fsp3) is 0.529. The molecule has 1 aliphatic heterocycles. The van der Waals surface area contributed by atoms with E-state index >= 15 is 0 Å². The van der Waals surface area contributed by atoms with Crippen molar-refractivity contribution in [2.75, 3.05) is 40.8 Å². The molecule has 0 aromatic heterocycles. The Morgan fingerprint density at radius 1 is 1.19 bits per heavy atom. The maximum atomic E-state index is 11.7. The first-order valence-electron chi connectivity index (χ1n) is 8.35. The molecule has 0 radical (unpaired) electrons. The Morgan fingerprint density at radius 2 is 1.93 bits per heavy atom. The smallest absolute Gasteiger partial charge is 0.410 e. The van der Waals surface area contributed by atoms with E-state index in [1.54, 1.807) is 20.3 Å². The Labute approximate surface area is 165 Å². The van der Waals surface area contributed by atoms with Crippen LogP contribution in [0.1, 0.15) is 12.0 Å². The van der Waals surface area contributed by atoms with Crippen LogP contribution in [0.5, 0.6) is 11.5 Å². The van der Waals surface area contributed by atoms with Gasteiger partial charge >= 0.3 is 12.2 Å². The van der Waals surface area contributed by atoms with Crippen molar-refractivity contribution in [1.82, 2.24) is 10.6 Å². The third-order valence-corrected chi connectivity index (χ3v) is 4.47. The number of nitrogens with one attached hydrogen (secondary N) is 2. The van der Waals surface area contributed by atoms with Crippen LogP contribution in [0.2, 0.25) is 0 Å². The van der Waals surface area contributed by atoms with Gasteiger partial charge in [0, 0.05) is 13.2 Å². The molecule has 1 atom stereocenters. The van der Waals surface area contributed by atoms with E-state index in [4.69, 9.17) is 23.7 Å². The van der Waals surface area contributed by atoms with Crippen LogP contribution in [-0.2, 0) is 20.6 Å². The Kier molecular flexibility index (Phi) is 8.46. The van der Waals surface area contributed by atoms with Gasteiger partial charge in [0.1, 0.15) is 11.5 Å². The topological polar surface area (TPSA) is 104 Å². The summed E-state index contributed by atoms with van der Waals surface area (Å²) in [7, 11) is 3.14. The molecule has 1 fully saturated rings. The molecule has 0 saturated carbocycles. The summed E-state index contributed by atoms with van der Waals surface area (Å²) in [4.78, 5) is 23.2. The first-order chi connectivity index (χ1) is 13.0. The number of alkyl carbamates (subject to hydrolysis) is 2. The molecule has 27 heavy (non-hydrogen) atoms. The van der Waals surface area contributed by atoms with Crippen molar-refractivity contribution in [2.24, 2.45) is 0 Å². The van der Waals surface area contributed by atoms with Crippen molar-refractivity contribution in [2.45, 2.75) is 18.9 Å². The zero-order valence-corrected chi connectivity index (χ0v) is 16.8. The van der Waals surface area contributed by atoms with E-state index in [0.717, 1.165) is 16.5 Å². The molecule has 10 heteroatoms. The van der Waals surface area contributed by atoms with Crippen molar-refractivity contribution >= 4 is 28.1 Å². The van der Waals surface area contributed by atoms with E-state index in [0.29, 0.717) is 37.7 Å². The Hall–Kier alpha value is -2.20. The molecule has 1 aromatic carbocycles. The van der Waals surface area contributed by atoms with Crippen LogP contribution < -0.4 is 20.1 Å². The molecule has 2 rings (SSSR count). The van der Waals surface area contributed by atoms with Crippen LogP contribution >= 0.6 is 15.9 Å². The molecule has 0 aliphatic carbocycles. The average Bonchev–Trinajstić information content (AvgIpc) is 3.15. The van der Waals surface area contributed by atoms with Gasteiger partial charge in [-0.15, -0.1) is 0 Å². The van der Waals surface area contributed by atoms with Crippen LogP contribution in [0.15, 0.2) is 16.6 Å². The Balaban J connectivity index is 1.67. The van der Waals surface area contributed by atoms with Crippen LogP contribution in [0.4, 0.5) is 9.59 Å². The lowest BCUT2D eigenvalue weighted by Gasteiger charge is -2.13. The number of amides is 2. The number of hydrogen-bond donors (Lipinski definition) is 2. The molecule has 0 bridgehead atoms. The molecule has 150 valence electrons. The van der Waals surface area contributed by atoms with Gasteiger partial charge in [-0.2, -0.15) is 0 Å². The minimum Gasteiger partial charge on any atom is -0.496 e. The summed E-state index contributed by atoms with van der Waals surface area (Å²) >= 11 is 3.39. The fourth-order valence-corrected chi connectivity index (χ4v) is 2.95. The van der Waals surface area contributed by atoms with Crippen LogP contribution in [0, 0.1) is 0 Å². The number of hydrogen-bond acceptors (Lipinski definition) is 7. The van der Waals surface area contributed by atoms with Crippen LogP contribution in [0.3, 0.4) is 0 Å². The van der Waals surface area contributed by atoms with E-state index in [1.807, 2.05) is 6.07 Å². The number of benzene rings is 1. The van der Waals surface area contributed by atoms with E-state index in [9.17, 15) is 9.59 Å². The second kappa shape index (κ2) is 10.8. The third-order valence-electron chi connectivity index (χ3n) is 3.85. The monoisotopic (exact) mass is 446 g/mol. The molecule has 1 aliphatic rings. The van der Waals surface area contributed by atoms with Gasteiger partial charge in [0.25, 0.3) is 0 Å². The number of methoxy groups -OCH3 is 2. The molecule has 2 N–H and O–H groups in total. The van der Waals surface area contributed by atoms with E-state index in [1.165, 1.54) is 0 Å². The predicted octanol–water partition coefficient (Wildman–Crippen LogP) is 2.21. The van der Waals surface area contributed by atoms with Gasteiger partial charge in [0.05, 0.1) is 31.3 Å². The maximum Gasteiger partial charge on any atom is 0.410 e. The summed E-state index contributed by atoms with van der Waals surface area (Å²) in [6.07, 6.45) is -0.0915. The molecule has 2 amide bonds. The lowest BCUT2D eigenvalue weighted by molar-refractivity contribution is 0.0230. The third kappa shape index (κ3) is 6.79. The molecule has 1 unspecified atom stereocenters. The van der Waals surface area contributed by atoms with Crippen molar-refractivity contribution in [3.8, 4) is 11.5 Å². The highest BCUT2D eigenvalue weighted by atomic mass is 79.9. The quantitative estimate of drug-likeness (QED) is 0.589. The van der Waals surface area contributed by atoms with Crippen molar-refractivity contribution in [1.29, 1.82) is 0 Å². The number of carbonyl (C=O) groups excluding carboxylic acids is 2. The first kappa shape index (κ1) is 21.1. The highest BCUT2D eigenvalue weighted by Gasteiger charge is 2.18. The summed E-state index contributed by atoms with van der Waals surface area (Å²) in [6.45, 7) is 0.909. The highest BCUT2D eigenvalue weighted by Crippen LogP contribution is 2.32. The zero-order chi connectivity index (χ0) is 19.6. The lowest BCUT2D eigenvalue weighted by atomic mass is 10.1. The maximum absolute atomic E-state index is 11.7. The average molecular weight is 447 g/mol. The van der Waals surface area contributed by atoms with Crippen LogP contribution in [0.25, 0.3) is 0 Å². The molecule has 1 heterocycles. The lowest BCUT2D eigenvalue weighted by Crippen LogP contribution is -2.36. The zero-order valence-electron chi connectivity index (χ0n) is 15.2. The number of halogens is 1. The molecule has 0 spiro atoms. The van der Waals surface area contributed by atoms with Gasteiger partial charge in [-0.3, -0.25) is 0 Å². The number of ether oxygens (including phenoxy) is 5. The summed E-state index contributed by atoms with van der Waals surface area (Å²) < 4.78 is 26.1. The molecule has 9 nitrogen and oxygen atoms in total. The molecular formula is C17H23BrN2O7. The van der Waals surface area contributed by atoms with Crippen LogP contribution in [-0.4, -0.2) is 59.0 Å². The largest absolute Gasteiger partial charge is 0.496 e. The van der Waals surface area contributed by atoms with Gasteiger partial charge in [-0.25, -0.2) is 9.59 Å². The second-order valence-corrected chi connectivity index (χ2v) is 6.52. The standard InChI is InChI=1S/C17H23BrN2O7/c1-23-14-8-13(18)15(24-2)7-11(14)3-5-19-16(21)26-10-27-17(22)20-12-4-6-25-9-12/h7-8,12H,3-6,9-10H2,1-2H3,(H,19,21)(H,20,22).